The summed E-state index contributed by atoms with van der Waals surface area (Å²) in [6.45, 7) is 2.13. The number of fused-ring (bicyclic) bond motifs is 1. The molecule has 3 rings (SSSR count). The van der Waals surface area contributed by atoms with E-state index in [4.69, 9.17) is 9.84 Å². The number of carboxylic acids is 1. The largest absolute Gasteiger partial charge is 0.482 e. The quantitative estimate of drug-likeness (QED) is 0.674. The maximum atomic E-state index is 12.4. The summed E-state index contributed by atoms with van der Waals surface area (Å²) >= 11 is 0. The molecule has 0 fully saturated rings. The van der Waals surface area contributed by atoms with Crippen LogP contribution in [0.25, 0.3) is 10.9 Å². The van der Waals surface area contributed by atoms with Crippen LogP contribution in [-0.4, -0.2) is 34.7 Å². The first-order valence-corrected chi connectivity index (χ1v) is 8.71. The maximum Gasteiger partial charge on any atom is 0.341 e. The van der Waals surface area contributed by atoms with E-state index in [0.717, 1.165) is 6.42 Å². The van der Waals surface area contributed by atoms with Gasteiger partial charge < -0.3 is 19.7 Å². The van der Waals surface area contributed by atoms with Crippen molar-refractivity contribution in [3.8, 4) is 5.75 Å². The van der Waals surface area contributed by atoms with Crippen molar-refractivity contribution in [1.82, 2.24) is 9.88 Å². The molecule has 0 aliphatic carbocycles. The minimum Gasteiger partial charge on any atom is -0.482 e. The first-order chi connectivity index (χ1) is 12.9. The molecule has 0 atom stereocenters. The van der Waals surface area contributed by atoms with Crippen LogP contribution >= 0.6 is 0 Å². The van der Waals surface area contributed by atoms with Crippen LogP contribution in [0.5, 0.6) is 5.75 Å². The van der Waals surface area contributed by atoms with Gasteiger partial charge in [0, 0.05) is 36.3 Å². The van der Waals surface area contributed by atoms with Crippen molar-refractivity contribution in [3.63, 3.8) is 0 Å². The van der Waals surface area contributed by atoms with E-state index < -0.39 is 12.6 Å². The summed E-state index contributed by atoms with van der Waals surface area (Å²) in [7, 11) is 2.02. The van der Waals surface area contributed by atoms with Gasteiger partial charge >= 0.3 is 5.97 Å². The molecule has 1 amide bonds. The minimum atomic E-state index is -1.06. The second-order valence-corrected chi connectivity index (χ2v) is 6.50. The second kappa shape index (κ2) is 7.95. The van der Waals surface area contributed by atoms with Crippen LogP contribution in [0.2, 0.25) is 0 Å². The minimum absolute atomic E-state index is 0.216. The monoisotopic (exact) mass is 366 g/mol. The molecule has 0 bridgehead atoms. The lowest BCUT2D eigenvalue weighted by atomic mass is 10.1. The molecule has 1 heterocycles. The summed E-state index contributed by atoms with van der Waals surface area (Å²) in [6, 6.07) is 12.9. The molecule has 0 unspecified atom stereocenters. The SMILES string of the molecule is Cc1ccc2c(c1)c(CCNC(=O)c1cccc(OCC(=O)O)c1)cn2C. The Morgan fingerprint density at radius 3 is 2.78 bits per heavy atom. The van der Waals surface area contributed by atoms with Gasteiger partial charge in [-0.2, -0.15) is 0 Å². The van der Waals surface area contributed by atoms with Crippen molar-refractivity contribution in [3.05, 3.63) is 65.4 Å². The summed E-state index contributed by atoms with van der Waals surface area (Å²) in [6.07, 6.45) is 2.82. The lowest BCUT2D eigenvalue weighted by Gasteiger charge is -2.07. The Bertz CT molecular complexity index is 991. The van der Waals surface area contributed by atoms with Gasteiger partial charge in [-0.3, -0.25) is 4.79 Å². The molecule has 27 heavy (non-hydrogen) atoms. The van der Waals surface area contributed by atoms with Crippen molar-refractivity contribution in [2.45, 2.75) is 13.3 Å². The molecule has 6 heteroatoms. The van der Waals surface area contributed by atoms with E-state index in [1.165, 1.54) is 22.0 Å². The van der Waals surface area contributed by atoms with Gasteiger partial charge in [-0.15, -0.1) is 0 Å². The molecule has 6 nitrogen and oxygen atoms in total. The number of rotatable bonds is 7. The Kier molecular flexibility index (Phi) is 5.45. The van der Waals surface area contributed by atoms with Crippen molar-refractivity contribution in [1.29, 1.82) is 0 Å². The molecule has 0 saturated carbocycles. The summed E-state index contributed by atoms with van der Waals surface area (Å²) < 4.78 is 7.20. The Morgan fingerprint density at radius 1 is 1.19 bits per heavy atom. The van der Waals surface area contributed by atoms with E-state index in [0.29, 0.717) is 17.9 Å². The molecular weight excluding hydrogens is 344 g/mol. The smallest absolute Gasteiger partial charge is 0.341 e. The van der Waals surface area contributed by atoms with Gasteiger partial charge in [0.2, 0.25) is 0 Å². The van der Waals surface area contributed by atoms with Crippen LogP contribution in [0.1, 0.15) is 21.5 Å². The molecule has 0 aliphatic rings. The van der Waals surface area contributed by atoms with E-state index in [1.807, 2.05) is 7.05 Å². The topological polar surface area (TPSA) is 80.6 Å². The third-order valence-electron chi connectivity index (χ3n) is 4.37. The van der Waals surface area contributed by atoms with Crippen LogP contribution < -0.4 is 10.1 Å². The van der Waals surface area contributed by atoms with E-state index in [9.17, 15) is 9.59 Å². The van der Waals surface area contributed by atoms with Gasteiger partial charge in [0.15, 0.2) is 6.61 Å². The van der Waals surface area contributed by atoms with Gasteiger partial charge in [-0.05, 0) is 49.2 Å². The van der Waals surface area contributed by atoms with Gasteiger partial charge in [0.1, 0.15) is 5.75 Å². The average molecular weight is 366 g/mol. The Labute approximate surface area is 157 Å². The zero-order valence-electron chi connectivity index (χ0n) is 15.4. The van der Waals surface area contributed by atoms with Crippen molar-refractivity contribution >= 4 is 22.8 Å². The molecule has 140 valence electrons. The highest BCUT2D eigenvalue weighted by atomic mass is 16.5. The predicted octanol–water partition coefficient (Wildman–Crippen LogP) is 2.92. The van der Waals surface area contributed by atoms with Crippen LogP contribution in [0.15, 0.2) is 48.7 Å². The molecule has 2 aromatic carbocycles. The fourth-order valence-corrected chi connectivity index (χ4v) is 3.07. The fourth-order valence-electron chi connectivity index (χ4n) is 3.07. The van der Waals surface area contributed by atoms with Crippen LogP contribution in [-0.2, 0) is 18.3 Å². The maximum absolute atomic E-state index is 12.4. The van der Waals surface area contributed by atoms with E-state index in [-0.39, 0.29) is 5.91 Å². The number of carboxylic acid groups (broad SMARTS) is 1. The summed E-state index contributed by atoms with van der Waals surface area (Å²) in [4.78, 5) is 22.9. The normalized spacial score (nSPS) is 10.7. The van der Waals surface area contributed by atoms with E-state index >= 15 is 0 Å². The number of ether oxygens (including phenoxy) is 1. The van der Waals surface area contributed by atoms with Gasteiger partial charge in [0.25, 0.3) is 5.91 Å². The zero-order valence-corrected chi connectivity index (χ0v) is 15.4. The van der Waals surface area contributed by atoms with E-state index in [2.05, 4.69) is 41.2 Å². The zero-order chi connectivity index (χ0) is 19.4. The van der Waals surface area contributed by atoms with Crippen molar-refractivity contribution in [2.75, 3.05) is 13.2 Å². The molecular formula is C21H22N2O4. The average Bonchev–Trinajstić information content (AvgIpc) is 2.95. The number of carbonyl (C=O) groups is 2. The Hall–Kier alpha value is -3.28. The van der Waals surface area contributed by atoms with Gasteiger partial charge in [-0.1, -0.05) is 17.7 Å². The molecule has 2 N–H and O–H groups in total. The molecule has 0 aliphatic heterocycles. The summed E-state index contributed by atoms with van der Waals surface area (Å²) in [5.41, 5.74) is 4.00. The van der Waals surface area contributed by atoms with Crippen molar-refractivity contribution in [2.24, 2.45) is 7.05 Å². The molecule has 0 spiro atoms. The standard InChI is InChI=1S/C21H22N2O4/c1-14-6-7-19-18(10-14)16(12-23(19)2)8-9-22-21(26)15-4-3-5-17(11-15)27-13-20(24)25/h3-7,10-12H,8-9,13H2,1-2H3,(H,22,26)(H,24,25). The van der Waals surface area contributed by atoms with Crippen LogP contribution in [0, 0.1) is 6.92 Å². The highest BCUT2D eigenvalue weighted by molar-refractivity contribution is 5.94. The number of nitrogens with zero attached hydrogens (tertiary/aromatic N) is 1. The number of aliphatic carboxylic acids is 1. The highest BCUT2D eigenvalue weighted by Gasteiger charge is 2.10. The number of nitrogens with one attached hydrogen (secondary N) is 1. The van der Waals surface area contributed by atoms with Gasteiger partial charge in [-0.25, -0.2) is 4.79 Å². The first kappa shape index (κ1) is 18.5. The first-order valence-electron chi connectivity index (χ1n) is 8.71. The molecule has 0 saturated heterocycles. The molecule has 3 aromatic rings. The summed E-state index contributed by atoms with van der Waals surface area (Å²) in [5.74, 6) is -0.919. The number of benzene rings is 2. The number of aromatic nitrogens is 1. The van der Waals surface area contributed by atoms with Crippen LogP contribution in [0.3, 0.4) is 0 Å². The predicted molar refractivity (Wildman–Crippen MR) is 103 cm³/mol. The lowest BCUT2D eigenvalue weighted by molar-refractivity contribution is -0.139. The van der Waals surface area contributed by atoms with Crippen molar-refractivity contribution < 1.29 is 19.4 Å². The Balaban J connectivity index is 1.62. The third-order valence-corrected chi connectivity index (χ3v) is 4.37. The third kappa shape index (κ3) is 4.47. The number of amides is 1. The number of hydrogen-bond acceptors (Lipinski definition) is 3. The second-order valence-electron chi connectivity index (χ2n) is 6.50. The number of aryl methyl sites for hydroxylation is 2. The number of hydrogen-bond donors (Lipinski definition) is 2. The summed E-state index contributed by atoms with van der Waals surface area (Å²) in [5, 5.41) is 12.8. The lowest BCUT2D eigenvalue weighted by Crippen LogP contribution is -2.25. The Morgan fingerprint density at radius 2 is 2.00 bits per heavy atom. The molecule has 0 radical (unpaired) electrons. The highest BCUT2D eigenvalue weighted by Crippen LogP contribution is 2.22. The van der Waals surface area contributed by atoms with Gasteiger partial charge in [0.05, 0.1) is 0 Å². The van der Waals surface area contributed by atoms with E-state index in [1.54, 1.807) is 24.3 Å². The fraction of sp³-hybridized carbons (Fsp3) is 0.238. The van der Waals surface area contributed by atoms with Crippen LogP contribution in [0.4, 0.5) is 0 Å². The molecule has 1 aromatic heterocycles. The number of carbonyl (C=O) groups excluding carboxylic acids is 1.